The van der Waals surface area contributed by atoms with E-state index in [1.807, 2.05) is 48.7 Å². The Morgan fingerprint density at radius 3 is 2.57 bits per heavy atom. The van der Waals surface area contributed by atoms with Gasteiger partial charge in [-0.3, -0.25) is 9.59 Å². The number of nitrogens with one attached hydrogen (secondary N) is 1. The SMILES string of the molecule is Cc1ccsc1C(Cc1ccccc1)NC(=O)C1CC1C(=O)O. The maximum absolute atomic E-state index is 12.4. The van der Waals surface area contributed by atoms with Gasteiger partial charge in [0.15, 0.2) is 0 Å². The zero-order valence-electron chi connectivity index (χ0n) is 12.9. The van der Waals surface area contributed by atoms with Crippen molar-refractivity contribution >= 4 is 23.2 Å². The Hall–Kier alpha value is -2.14. The van der Waals surface area contributed by atoms with Gasteiger partial charge >= 0.3 is 5.97 Å². The predicted octanol–water partition coefficient (Wildman–Crippen LogP) is 3.18. The third kappa shape index (κ3) is 3.62. The molecule has 3 atom stereocenters. The highest BCUT2D eigenvalue weighted by molar-refractivity contribution is 7.10. The van der Waals surface area contributed by atoms with Gasteiger partial charge in [-0.05, 0) is 42.3 Å². The van der Waals surface area contributed by atoms with Gasteiger partial charge in [-0.2, -0.15) is 0 Å². The van der Waals surface area contributed by atoms with Crippen LogP contribution in [0.3, 0.4) is 0 Å². The largest absolute Gasteiger partial charge is 0.481 e. The summed E-state index contributed by atoms with van der Waals surface area (Å²) >= 11 is 1.63. The standard InChI is InChI=1S/C18H19NO3S/c1-11-7-8-23-16(11)15(9-12-5-3-2-4-6-12)19-17(20)13-10-14(13)18(21)22/h2-8,13-15H,9-10H2,1H3,(H,19,20)(H,21,22). The number of aliphatic carboxylic acids is 1. The van der Waals surface area contributed by atoms with Gasteiger partial charge in [0.2, 0.25) is 5.91 Å². The first-order chi connectivity index (χ1) is 11.1. The fraction of sp³-hybridized carbons (Fsp3) is 0.333. The molecule has 120 valence electrons. The second kappa shape index (κ2) is 6.54. The lowest BCUT2D eigenvalue weighted by Crippen LogP contribution is -2.32. The molecule has 1 aromatic carbocycles. The van der Waals surface area contributed by atoms with Crippen molar-refractivity contribution in [3.8, 4) is 0 Å². The van der Waals surface area contributed by atoms with Crippen LogP contribution in [0.2, 0.25) is 0 Å². The predicted molar refractivity (Wildman–Crippen MR) is 89.3 cm³/mol. The molecule has 4 nitrogen and oxygen atoms in total. The fourth-order valence-corrected chi connectivity index (χ4v) is 3.82. The molecule has 3 rings (SSSR count). The molecular formula is C18H19NO3S. The third-order valence-electron chi connectivity index (χ3n) is 4.26. The summed E-state index contributed by atoms with van der Waals surface area (Å²) in [6.07, 6.45) is 1.15. The molecule has 0 saturated heterocycles. The van der Waals surface area contributed by atoms with Crippen LogP contribution < -0.4 is 5.32 Å². The Morgan fingerprint density at radius 2 is 2.00 bits per heavy atom. The van der Waals surface area contributed by atoms with Crippen LogP contribution in [0.4, 0.5) is 0 Å². The van der Waals surface area contributed by atoms with Crippen LogP contribution >= 0.6 is 11.3 Å². The van der Waals surface area contributed by atoms with Gasteiger partial charge in [0, 0.05) is 4.88 Å². The molecule has 1 amide bonds. The summed E-state index contributed by atoms with van der Waals surface area (Å²) in [7, 11) is 0. The molecule has 0 radical (unpaired) electrons. The van der Waals surface area contributed by atoms with E-state index in [9.17, 15) is 9.59 Å². The summed E-state index contributed by atoms with van der Waals surface area (Å²) < 4.78 is 0. The van der Waals surface area contributed by atoms with Gasteiger partial charge < -0.3 is 10.4 Å². The second-order valence-electron chi connectivity index (χ2n) is 6.01. The number of benzene rings is 1. The Bertz CT molecular complexity index is 710. The van der Waals surface area contributed by atoms with Crippen molar-refractivity contribution in [3.63, 3.8) is 0 Å². The fourth-order valence-electron chi connectivity index (χ4n) is 2.84. The summed E-state index contributed by atoms with van der Waals surface area (Å²) in [4.78, 5) is 24.4. The summed E-state index contributed by atoms with van der Waals surface area (Å²) in [6.45, 7) is 2.03. The number of amides is 1. The lowest BCUT2D eigenvalue weighted by atomic mass is 10.0. The van der Waals surface area contributed by atoms with Crippen molar-refractivity contribution in [2.24, 2.45) is 11.8 Å². The van der Waals surface area contributed by atoms with Crippen LogP contribution in [0.25, 0.3) is 0 Å². The number of rotatable bonds is 6. The minimum absolute atomic E-state index is 0.111. The van der Waals surface area contributed by atoms with E-state index in [0.29, 0.717) is 12.8 Å². The number of carbonyl (C=O) groups excluding carboxylic acids is 1. The maximum atomic E-state index is 12.4. The van der Waals surface area contributed by atoms with Gasteiger partial charge in [0.25, 0.3) is 0 Å². The van der Waals surface area contributed by atoms with Crippen LogP contribution in [0.5, 0.6) is 0 Å². The highest BCUT2D eigenvalue weighted by Gasteiger charge is 2.48. The van der Waals surface area contributed by atoms with Gasteiger partial charge in [-0.1, -0.05) is 30.3 Å². The van der Waals surface area contributed by atoms with Crippen molar-refractivity contribution in [2.75, 3.05) is 0 Å². The molecule has 1 aliphatic carbocycles. The molecular weight excluding hydrogens is 310 g/mol. The van der Waals surface area contributed by atoms with Crippen LogP contribution in [0, 0.1) is 18.8 Å². The first-order valence-electron chi connectivity index (χ1n) is 7.67. The quantitative estimate of drug-likeness (QED) is 0.855. The molecule has 3 unspecified atom stereocenters. The number of carbonyl (C=O) groups is 2. The minimum Gasteiger partial charge on any atom is -0.481 e. The first kappa shape index (κ1) is 15.7. The summed E-state index contributed by atoms with van der Waals surface area (Å²) in [6, 6.07) is 11.9. The molecule has 23 heavy (non-hydrogen) atoms. The molecule has 0 spiro atoms. The number of carboxylic acid groups (broad SMARTS) is 1. The number of hydrogen-bond donors (Lipinski definition) is 2. The molecule has 1 fully saturated rings. The molecule has 1 aliphatic rings. The summed E-state index contributed by atoms with van der Waals surface area (Å²) in [5.74, 6) is -1.92. The van der Waals surface area contributed by atoms with Crippen molar-refractivity contribution in [1.82, 2.24) is 5.32 Å². The highest BCUT2D eigenvalue weighted by Crippen LogP contribution is 2.39. The number of thiophene rings is 1. The van der Waals surface area contributed by atoms with Crippen molar-refractivity contribution in [3.05, 3.63) is 57.8 Å². The zero-order valence-corrected chi connectivity index (χ0v) is 13.7. The zero-order chi connectivity index (χ0) is 16.4. The molecule has 0 aliphatic heterocycles. The number of aryl methyl sites for hydroxylation is 1. The average molecular weight is 329 g/mol. The van der Waals surface area contributed by atoms with E-state index in [2.05, 4.69) is 5.32 Å². The maximum Gasteiger partial charge on any atom is 0.307 e. The smallest absolute Gasteiger partial charge is 0.307 e. The lowest BCUT2D eigenvalue weighted by molar-refractivity contribution is -0.140. The van der Waals surface area contributed by atoms with Crippen LogP contribution in [-0.4, -0.2) is 17.0 Å². The van der Waals surface area contributed by atoms with Crippen molar-refractivity contribution in [2.45, 2.75) is 25.8 Å². The van der Waals surface area contributed by atoms with Crippen LogP contribution in [0.1, 0.15) is 28.5 Å². The summed E-state index contributed by atoms with van der Waals surface area (Å²) in [5, 5.41) is 14.1. The topological polar surface area (TPSA) is 66.4 Å². The van der Waals surface area contributed by atoms with E-state index in [4.69, 9.17) is 5.11 Å². The molecule has 5 heteroatoms. The second-order valence-corrected chi connectivity index (χ2v) is 6.95. The summed E-state index contributed by atoms with van der Waals surface area (Å²) in [5.41, 5.74) is 2.30. The van der Waals surface area contributed by atoms with Crippen molar-refractivity contribution in [1.29, 1.82) is 0 Å². The Labute approximate surface area is 139 Å². The van der Waals surface area contributed by atoms with Crippen LogP contribution in [0.15, 0.2) is 41.8 Å². The monoisotopic (exact) mass is 329 g/mol. The molecule has 1 saturated carbocycles. The first-order valence-corrected chi connectivity index (χ1v) is 8.55. The van der Waals surface area contributed by atoms with E-state index >= 15 is 0 Å². The minimum atomic E-state index is -0.878. The molecule has 1 aromatic heterocycles. The van der Waals surface area contributed by atoms with E-state index in [0.717, 1.165) is 16.0 Å². The Morgan fingerprint density at radius 1 is 1.26 bits per heavy atom. The van der Waals surface area contributed by atoms with Gasteiger partial charge in [0.1, 0.15) is 0 Å². The van der Waals surface area contributed by atoms with Gasteiger partial charge in [-0.25, -0.2) is 0 Å². The number of hydrogen-bond acceptors (Lipinski definition) is 3. The van der Waals surface area contributed by atoms with E-state index in [1.54, 1.807) is 11.3 Å². The molecule has 2 aromatic rings. The third-order valence-corrected chi connectivity index (χ3v) is 5.39. The Balaban J connectivity index is 1.75. The molecule has 0 bridgehead atoms. The molecule has 1 heterocycles. The average Bonchev–Trinajstić information content (AvgIpc) is 3.23. The molecule has 2 N–H and O–H groups in total. The number of carboxylic acids is 1. The van der Waals surface area contributed by atoms with Crippen molar-refractivity contribution < 1.29 is 14.7 Å². The van der Waals surface area contributed by atoms with Gasteiger partial charge in [0.05, 0.1) is 17.9 Å². The van der Waals surface area contributed by atoms with E-state index < -0.39 is 11.9 Å². The van der Waals surface area contributed by atoms with E-state index in [-0.39, 0.29) is 17.9 Å². The van der Waals surface area contributed by atoms with Crippen LogP contribution in [-0.2, 0) is 16.0 Å². The lowest BCUT2D eigenvalue weighted by Gasteiger charge is -2.19. The normalized spacial score (nSPS) is 20.7. The van der Waals surface area contributed by atoms with E-state index in [1.165, 1.54) is 0 Å². The Kier molecular flexibility index (Phi) is 4.48. The van der Waals surface area contributed by atoms with Gasteiger partial charge in [-0.15, -0.1) is 11.3 Å². The highest BCUT2D eigenvalue weighted by atomic mass is 32.1.